The van der Waals surface area contributed by atoms with Crippen molar-refractivity contribution < 1.29 is 36.2 Å². The Morgan fingerprint density at radius 1 is 1.19 bits per heavy atom. The number of aliphatic hydroxyl groups is 1. The molecule has 32 heavy (non-hydrogen) atoms. The molecular formula is C19H21F6N5O2. The van der Waals surface area contributed by atoms with Crippen LogP contribution < -0.4 is 15.4 Å². The van der Waals surface area contributed by atoms with Gasteiger partial charge < -0.3 is 20.9 Å². The highest BCUT2D eigenvalue weighted by Gasteiger charge is 2.48. The number of aromatic nitrogens is 3. The first-order chi connectivity index (χ1) is 14.7. The molecule has 176 valence electrons. The zero-order chi connectivity index (χ0) is 23.9. The molecule has 0 aromatic carbocycles. The van der Waals surface area contributed by atoms with Crippen molar-refractivity contribution in [3.8, 4) is 0 Å². The summed E-state index contributed by atoms with van der Waals surface area (Å²) >= 11 is 0. The van der Waals surface area contributed by atoms with Crippen molar-refractivity contribution in [3.05, 3.63) is 46.6 Å². The smallest absolute Gasteiger partial charge is 0.421 e. The molecule has 1 saturated carbocycles. The SMILES string of the molecule is CC1(C)C(CO)CC1Nc1nc(NCc2c[n+]([O-])ccc2C(F)(F)F)ncc1C(F)(F)F. The first kappa shape index (κ1) is 23.8. The molecule has 1 fully saturated rings. The molecule has 2 aromatic rings. The van der Waals surface area contributed by atoms with E-state index in [1.165, 1.54) is 0 Å². The summed E-state index contributed by atoms with van der Waals surface area (Å²) in [6.45, 7) is 2.96. The average molecular weight is 465 g/mol. The van der Waals surface area contributed by atoms with Gasteiger partial charge in [-0.05, 0) is 17.8 Å². The maximum Gasteiger partial charge on any atom is 0.421 e. The van der Waals surface area contributed by atoms with Gasteiger partial charge in [0.2, 0.25) is 5.95 Å². The lowest BCUT2D eigenvalue weighted by Gasteiger charge is -2.52. The van der Waals surface area contributed by atoms with Crippen molar-refractivity contribution in [2.75, 3.05) is 17.2 Å². The maximum atomic E-state index is 13.4. The van der Waals surface area contributed by atoms with Crippen molar-refractivity contribution in [1.82, 2.24) is 9.97 Å². The molecule has 0 radical (unpaired) electrons. The van der Waals surface area contributed by atoms with Gasteiger partial charge in [0, 0.05) is 37.0 Å². The summed E-state index contributed by atoms with van der Waals surface area (Å²) < 4.78 is 79.9. The number of hydrogen-bond acceptors (Lipinski definition) is 6. The van der Waals surface area contributed by atoms with Crippen molar-refractivity contribution in [1.29, 1.82) is 0 Å². The summed E-state index contributed by atoms with van der Waals surface area (Å²) in [5.74, 6) is -0.954. The van der Waals surface area contributed by atoms with Crippen molar-refractivity contribution in [3.63, 3.8) is 0 Å². The standard InChI is InChI=1S/C19H21F6N5O2/c1-17(2)11(9-31)5-14(17)28-15-13(19(23,24)25)7-27-16(29-15)26-6-10-8-30(32)4-3-12(10)18(20,21)22/h3-4,7-8,11,14,31H,5-6,9H2,1-2H3,(H2,26,27,28,29). The topological polar surface area (TPSA) is 97.0 Å². The van der Waals surface area contributed by atoms with Crippen LogP contribution in [0.2, 0.25) is 0 Å². The quantitative estimate of drug-likeness (QED) is 0.343. The van der Waals surface area contributed by atoms with Crippen LogP contribution in [0.25, 0.3) is 0 Å². The van der Waals surface area contributed by atoms with Crippen molar-refractivity contribution >= 4 is 11.8 Å². The van der Waals surface area contributed by atoms with E-state index in [2.05, 4.69) is 20.6 Å². The fraction of sp³-hybridized carbons (Fsp3) is 0.526. The van der Waals surface area contributed by atoms with Crippen LogP contribution in [-0.4, -0.2) is 27.7 Å². The Bertz CT molecular complexity index is 980. The summed E-state index contributed by atoms with van der Waals surface area (Å²) in [5.41, 5.74) is -3.10. The van der Waals surface area contributed by atoms with E-state index in [-0.39, 0.29) is 23.2 Å². The maximum absolute atomic E-state index is 13.4. The molecule has 0 saturated heterocycles. The molecule has 0 amide bonds. The highest BCUT2D eigenvalue weighted by Crippen LogP contribution is 2.48. The van der Waals surface area contributed by atoms with E-state index < -0.39 is 52.9 Å². The molecule has 2 heterocycles. The number of halogens is 6. The lowest BCUT2D eigenvalue weighted by molar-refractivity contribution is -0.606. The second-order valence-electron chi connectivity index (χ2n) is 8.18. The lowest BCUT2D eigenvalue weighted by Crippen LogP contribution is -2.55. The molecule has 0 spiro atoms. The Kier molecular flexibility index (Phi) is 6.15. The van der Waals surface area contributed by atoms with Gasteiger partial charge in [-0.3, -0.25) is 0 Å². The van der Waals surface area contributed by atoms with Gasteiger partial charge in [-0.25, -0.2) is 4.98 Å². The summed E-state index contributed by atoms with van der Waals surface area (Å²) in [6.07, 6.45) is -7.11. The van der Waals surface area contributed by atoms with Crippen LogP contribution in [0.15, 0.2) is 24.7 Å². The highest BCUT2D eigenvalue weighted by molar-refractivity contribution is 5.50. The number of aliphatic hydroxyl groups excluding tert-OH is 1. The Labute approximate surface area is 179 Å². The van der Waals surface area contributed by atoms with E-state index in [1.807, 2.05) is 0 Å². The molecule has 1 aliphatic rings. The molecule has 3 rings (SSSR count). The summed E-state index contributed by atoms with van der Waals surface area (Å²) in [6, 6.07) is 0.204. The van der Waals surface area contributed by atoms with Crippen LogP contribution in [-0.2, 0) is 18.9 Å². The van der Waals surface area contributed by atoms with Gasteiger partial charge in [0.15, 0.2) is 12.4 Å². The van der Waals surface area contributed by atoms with E-state index in [4.69, 9.17) is 0 Å². The Morgan fingerprint density at radius 2 is 1.84 bits per heavy atom. The van der Waals surface area contributed by atoms with Gasteiger partial charge in [0.05, 0.1) is 5.56 Å². The Balaban J connectivity index is 1.85. The summed E-state index contributed by atoms with van der Waals surface area (Å²) in [4.78, 5) is 7.39. The number of nitrogens with zero attached hydrogens (tertiary/aromatic N) is 3. The van der Waals surface area contributed by atoms with Crippen LogP contribution in [0.4, 0.5) is 38.1 Å². The Hall–Kier alpha value is -2.83. The molecule has 7 nitrogen and oxygen atoms in total. The number of pyridine rings is 1. The van der Waals surface area contributed by atoms with E-state index in [1.54, 1.807) is 13.8 Å². The molecule has 2 aromatic heterocycles. The molecule has 2 unspecified atom stereocenters. The van der Waals surface area contributed by atoms with Gasteiger partial charge in [-0.2, -0.15) is 36.1 Å². The predicted molar refractivity (Wildman–Crippen MR) is 101 cm³/mol. The van der Waals surface area contributed by atoms with Gasteiger partial charge in [-0.1, -0.05) is 13.8 Å². The van der Waals surface area contributed by atoms with Crippen LogP contribution >= 0.6 is 0 Å². The fourth-order valence-electron chi connectivity index (χ4n) is 3.63. The number of anilines is 2. The lowest BCUT2D eigenvalue weighted by atomic mass is 9.59. The third kappa shape index (κ3) is 4.81. The molecule has 3 N–H and O–H groups in total. The van der Waals surface area contributed by atoms with Crippen LogP contribution in [0.3, 0.4) is 0 Å². The molecule has 13 heteroatoms. The van der Waals surface area contributed by atoms with Gasteiger partial charge in [-0.15, -0.1) is 0 Å². The second kappa shape index (κ2) is 8.26. The number of hydrogen-bond donors (Lipinski definition) is 3. The van der Waals surface area contributed by atoms with E-state index in [0.29, 0.717) is 31.1 Å². The molecular weight excluding hydrogens is 444 g/mol. The third-order valence-corrected chi connectivity index (χ3v) is 5.86. The number of nitrogens with one attached hydrogen (secondary N) is 2. The van der Waals surface area contributed by atoms with Crippen LogP contribution in [0.5, 0.6) is 0 Å². The highest BCUT2D eigenvalue weighted by atomic mass is 19.4. The van der Waals surface area contributed by atoms with Gasteiger partial charge >= 0.3 is 12.4 Å². The normalized spacial score (nSPS) is 20.5. The summed E-state index contributed by atoms with van der Waals surface area (Å²) in [7, 11) is 0. The van der Waals surface area contributed by atoms with Crippen molar-refractivity contribution in [2.45, 2.75) is 45.2 Å². The largest absolute Gasteiger partial charge is 0.619 e. The zero-order valence-corrected chi connectivity index (χ0v) is 17.1. The molecule has 2 atom stereocenters. The van der Waals surface area contributed by atoms with Crippen molar-refractivity contribution in [2.24, 2.45) is 11.3 Å². The minimum atomic E-state index is -4.76. The Morgan fingerprint density at radius 3 is 2.41 bits per heavy atom. The third-order valence-electron chi connectivity index (χ3n) is 5.86. The minimum absolute atomic E-state index is 0.0913. The fourth-order valence-corrected chi connectivity index (χ4v) is 3.63. The zero-order valence-electron chi connectivity index (χ0n) is 17.1. The van der Waals surface area contributed by atoms with E-state index in [9.17, 15) is 36.7 Å². The van der Waals surface area contributed by atoms with Gasteiger partial charge in [0.1, 0.15) is 11.4 Å². The molecule has 0 aliphatic heterocycles. The first-order valence-corrected chi connectivity index (χ1v) is 9.58. The monoisotopic (exact) mass is 465 g/mol. The second-order valence-corrected chi connectivity index (χ2v) is 8.18. The first-order valence-electron chi connectivity index (χ1n) is 9.58. The average Bonchev–Trinajstić information content (AvgIpc) is 2.67. The number of alkyl halides is 6. The number of rotatable bonds is 6. The minimum Gasteiger partial charge on any atom is -0.619 e. The van der Waals surface area contributed by atoms with Crippen LogP contribution in [0.1, 0.15) is 37.0 Å². The molecule has 0 bridgehead atoms. The van der Waals surface area contributed by atoms with E-state index >= 15 is 0 Å². The van der Waals surface area contributed by atoms with E-state index in [0.717, 1.165) is 0 Å². The van der Waals surface area contributed by atoms with Gasteiger partial charge in [0.25, 0.3) is 0 Å². The summed E-state index contributed by atoms with van der Waals surface area (Å²) in [5, 5.41) is 25.9. The predicted octanol–water partition coefficient (Wildman–Crippen LogP) is 3.58. The van der Waals surface area contributed by atoms with Crippen LogP contribution in [0, 0.1) is 16.5 Å². The molecule has 1 aliphatic carbocycles.